The van der Waals surface area contributed by atoms with Crippen molar-refractivity contribution in [3.05, 3.63) is 61.0 Å². The SMILES string of the molecule is Nc1ccc(Br)c(C(=O)c2c(Cl)cc(Cl)cc2Cl)c1. The van der Waals surface area contributed by atoms with E-state index in [1.807, 2.05) is 0 Å². The average molecular weight is 379 g/mol. The van der Waals surface area contributed by atoms with Crippen LogP contribution in [0.3, 0.4) is 0 Å². The van der Waals surface area contributed by atoms with Gasteiger partial charge in [-0.3, -0.25) is 4.79 Å². The normalized spacial score (nSPS) is 10.5. The molecule has 0 fully saturated rings. The Balaban J connectivity index is 2.59. The first kappa shape index (κ1) is 14.7. The monoisotopic (exact) mass is 377 g/mol. The molecule has 2 nitrogen and oxygen atoms in total. The van der Waals surface area contributed by atoms with Crippen molar-refractivity contribution in [2.24, 2.45) is 0 Å². The first-order valence-electron chi connectivity index (χ1n) is 5.14. The largest absolute Gasteiger partial charge is 0.399 e. The summed E-state index contributed by atoms with van der Waals surface area (Å²) < 4.78 is 0.619. The lowest BCUT2D eigenvalue weighted by atomic mass is 10.0. The van der Waals surface area contributed by atoms with E-state index in [9.17, 15) is 4.79 Å². The summed E-state index contributed by atoms with van der Waals surface area (Å²) in [4.78, 5) is 12.5. The van der Waals surface area contributed by atoms with Gasteiger partial charge in [-0.1, -0.05) is 50.7 Å². The Bertz CT molecular complexity index is 650. The number of carbonyl (C=O) groups excluding carboxylic acids is 1. The molecule has 0 bridgehead atoms. The smallest absolute Gasteiger partial charge is 0.197 e. The number of anilines is 1. The molecule has 0 aliphatic carbocycles. The zero-order valence-corrected chi connectivity index (χ0v) is 13.2. The number of halogens is 4. The molecule has 2 N–H and O–H groups in total. The molecule has 19 heavy (non-hydrogen) atoms. The molecule has 0 radical (unpaired) electrons. The van der Waals surface area contributed by atoms with Gasteiger partial charge >= 0.3 is 0 Å². The molecule has 2 rings (SSSR count). The second-order valence-corrected chi connectivity index (χ2v) is 5.92. The summed E-state index contributed by atoms with van der Waals surface area (Å²) in [5.74, 6) is -0.314. The number of hydrogen-bond acceptors (Lipinski definition) is 2. The summed E-state index contributed by atoms with van der Waals surface area (Å²) in [6, 6.07) is 7.89. The highest BCUT2D eigenvalue weighted by Crippen LogP contribution is 2.32. The van der Waals surface area contributed by atoms with Crippen LogP contribution in [0.4, 0.5) is 5.69 Å². The van der Waals surface area contributed by atoms with Gasteiger partial charge in [0.15, 0.2) is 5.78 Å². The van der Waals surface area contributed by atoms with E-state index in [0.29, 0.717) is 20.7 Å². The van der Waals surface area contributed by atoms with Crippen LogP contribution < -0.4 is 5.73 Å². The van der Waals surface area contributed by atoms with E-state index in [4.69, 9.17) is 40.5 Å². The minimum absolute atomic E-state index is 0.205. The molecule has 0 saturated carbocycles. The average Bonchev–Trinajstić information content (AvgIpc) is 2.30. The number of carbonyl (C=O) groups is 1. The van der Waals surface area contributed by atoms with Gasteiger partial charge in [-0.2, -0.15) is 0 Å². The molecule has 6 heteroatoms. The topological polar surface area (TPSA) is 43.1 Å². The maximum absolute atomic E-state index is 12.5. The highest BCUT2D eigenvalue weighted by molar-refractivity contribution is 9.10. The standard InChI is InChI=1S/C13H7BrCl3NO/c14-9-2-1-7(18)5-8(9)13(19)12-10(16)3-6(15)4-11(12)17/h1-5H,18H2. The Kier molecular flexibility index (Phi) is 4.41. The Morgan fingerprint density at radius 1 is 1.05 bits per heavy atom. The summed E-state index contributed by atoms with van der Waals surface area (Å²) in [5, 5.41) is 0.784. The molecule has 0 atom stereocenters. The van der Waals surface area contributed by atoms with E-state index in [2.05, 4.69) is 15.9 Å². The maximum Gasteiger partial charge on any atom is 0.197 e. The van der Waals surface area contributed by atoms with E-state index < -0.39 is 0 Å². The summed E-state index contributed by atoms with van der Waals surface area (Å²) >= 11 is 21.2. The second kappa shape index (κ2) is 5.71. The molecular formula is C13H7BrCl3NO. The lowest BCUT2D eigenvalue weighted by Crippen LogP contribution is -2.05. The predicted octanol–water partition coefficient (Wildman–Crippen LogP) is 5.22. The lowest BCUT2D eigenvalue weighted by Gasteiger charge is -2.09. The van der Waals surface area contributed by atoms with Crippen LogP contribution in [0.5, 0.6) is 0 Å². The molecule has 0 unspecified atom stereocenters. The zero-order valence-electron chi connectivity index (χ0n) is 9.38. The fourth-order valence-electron chi connectivity index (χ4n) is 1.61. The van der Waals surface area contributed by atoms with Crippen LogP contribution in [0.1, 0.15) is 15.9 Å². The summed E-state index contributed by atoms with van der Waals surface area (Å²) in [7, 11) is 0. The highest BCUT2D eigenvalue weighted by Gasteiger charge is 2.19. The lowest BCUT2D eigenvalue weighted by molar-refractivity contribution is 0.103. The van der Waals surface area contributed by atoms with Crippen LogP contribution in [0, 0.1) is 0 Å². The fourth-order valence-corrected chi connectivity index (χ4v) is 3.03. The first-order chi connectivity index (χ1) is 8.90. The van der Waals surface area contributed by atoms with Crippen LogP contribution in [0.25, 0.3) is 0 Å². The summed E-state index contributed by atoms with van der Waals surface area (Å²) in [6.07, 6.45) is 0. The fraction of sp³-hybridized carbons (Fsp3) is 0. The molecule has 0 saturated heterocycles. The molecule has 0 heterocycles. The first-order valence-corrected chi connectivity index (χ1v) is 7.07. The number of nitrogen functional groups attached to an aromatic ring is 1. The molecular weight excluding hydrogens is 372 g/mol. The van der Waals surface area contributed by atoms with E-state index >= 15 is 0 Å². The third kappa shape index (κ3) is 3.06. The number of benzene rings is 2. The van der Waals surface area contributed by atoms with Crippen LogP contribution in [-0.2, 0) is 0 Å². The minimum atomic E-state index is -0.314. The molecule has 0 amide bonds. The van der Waals surface area contributed by atoms with Gasteiger partial charge in [-0.15, -0.1) is 0 Å². The van der Waals surface area contributed by atoms with Gasteiger partial charge in [0, 0.05) is 20.7 Å². The zero-order chi connectivity index (χ0) is 14.2. The van der Waals surface area contributed by atoms with Crippen LogP contribution in [-0.4, -0.2) is 5.78 Å². The van der Waals surface area contributed by atoms with Gasteiger partial charge in [-0.05, 0) is 30.3 Å². The Hall–Kier alpha value is -0.740. The van der Waals surface area contributed by atoms with Gasteiger partial charge in [0.2, 0.25) is 0 Å². The Labute approximate surface area is 133 Å². The van der Waals surface area contributed by atoms with Crippen molar-refractivity contribution in [3.8, 4) is 0 Å². The molecule has 2 aromatic carbocycles. The number of ketones is 1. The van der Waals surface area contributed by atoms with E-state index in [0.717, 1.165) is 0 Å². The molecule has 2 aromatic rings. The maximum atomic E-state index is 12.5. The summed E-state index contributed by atoms with van der Waals surface area (Å²) in [5.41, 5.74) is 6.76. The van der Waals surface area contributed by atoms with Crippen LogP contribution in [0.2, 0.25) is 15.1 Å². The van der Waals surface area contributed by atoms with Gasteiger partial charge in [0.05, 0.1) is 15.6 Å². The van der Waals surface area contributed by atoms with Crippen molar-refractivity contribution in [1.29, 1.82) is 0 Å². The van der Waals surface area contributed by atoms with Crippen molar-refractivity contribution in [3.63, 3.8) is 0 Å². The number of rotatable bonds is 2. The molecule has 0 aliphatic heterocycles. The van der Waals surface area contributed by atoms with Crippen molar-refractivity contribution in [2.75, 3.05) is 5.73 Å². The van der Waals surface area contributed by atoms with Crippen molar-refractivity contribution < 1.29 is 4.79 Å². The number of nitrogens with two attached hydrogens (primary N) is 1. The van der Waals surface area contributed by atoms with E-state index in [1.165, 1.54) is 12.1 Å². The van der Waals surface area contributed by atoms with Gasteiger partial charge < -0.3 is 5.73 Å². The number of hydrogen-bond donors (Lipinski definition) is 1. The van der Waals surface area contributed by atoms with Crippen molar-refractivity contribution in [1.82, 2.24) is 0 Å². The predicted molar refractivity (Wildman–Crippen MR) is 83.5 cm³/mol. The highest BCUT2D eigenvalue weighted by atomic mass is 79.9. The molecule has 0 aliphatic rings. The summed E-state index contributed by atoms with van der Waals surface area (Å²) in [6.45, 7) is 0. The van der Waals surface area contributed by atoms with E-state index in [1.54, 1.807) is 18.2 Å². The van der Waals surface area contributed by atoms with Gasteiger partial charge in [0.1, 0.15) is 0 Å². The quantitative estimate of drug-likeness (QED) is 0.574. The van der Waals surface area contributed by atoms with Crippen molar-refractivity contribution in [2.45, 2.75) is 0 Å². The van der Waals surface area contributed by atoms with E-state index in [-0.39, 0.29) is 21.4 Å². The molecule has 0 aromatic heterocycles. The van der Waals surface area contributed by atoms with Gasteiger partial charge in [0.25, 0.3) is 0 Å². The molecule has 0 spiro atoms. The van der Waals surface area contributed by atoms with Crippen molar-refractivity contribution >= 4 is 62.2 Å². The second-order valence-electron chi connectivity index (χ2n) is 3.81. The molecule has 98 valence electrons. The third-order valence-electron chi connectivity index (χ3n) is 2.47. The third-order valence-corrected chi connectivity index (χ3v) is 3.97. The minimum Gasteiger partial charge on any atom is -0.399 e. The van der Waals surface area contributed by atoms with Gasteiger partial charge in [-0.25, -0.2) is 0 Å². The Morgan fingerprint density at radius 2 is 1.63 bits per heavy atom. The Morgan fingerprint density at radius 3 is 2.21 bits per heavy atom. The van der Waals surface area contributed by atoms with Crippen LogP contribution in [0.15, 0.2) is 34.8 Å². The van der Waals surface area contributed by atoms with Crippen LogP contribution >= 0.6 is 50.7 Å².